The molecule has 5 aromatic rings. The van der Waals surface area contributed by atoms with Crippen LogP contribution >= 0.6 is 0 Å². The van der Waals surface area contributed by atoms with Gasteiger partial charge in [0.1, 0.15) is 12.4 Å². The lowest BCUT2D eigenvalue weighted by Crippen LogP contribution is -2.47. The normalized spacial score (nSPS) is 17.2. The van der Waals surface area contributed by atoms with Crippen LogP contribution < -0.4 is 15.4 Å². The lowest BCUT2D eigenvalue weighted by Gasteiger charge is -2.27. The van der Waals surface area contributed by atoms with Crippen LogP contribution in [0.15, 0.2) is 85.1 Å². The Kier molecular flexibility index (Phi) is 5.30. The number of aromatic nitrogens is 2. The molecule has 2 aromatic heterocycles. The number of hydrogen-bond acceptors (Lipinski definition) is 5. The standard InChI is InChI=1S/C29H24N4O4/c1-18-13-20(23-9-5-6-10-25(23)30-18)16-37-22-11-12-24-19(14-22)15-33(26(24)34)17-29(21-7-3-2-4-8-21)27(35)31-28(36)32-29/h2-15,34H,16-17H2,1H3,(H2,31,32,35,36). The van der Waals surface area contributed by atoms with Crippen LogP contribution in [0.1, 0.15) is 16.8 Å². The summed E-state index contributed by atoms with van der Waals surface area (Å²) in [4.78, 5) is 29.6. The first kappa shape index (κ1) is 22.6. The molecule has 37 heavy (non-hydrogen) atoms. The molecule has 8 heteroatoms. The van der Waals surface area contributed by atoms with E-state index in [0.717, 1.165) is 27.5 Å². The van der Waals surface area contributed by atoms with Crippen molar-refractivity contribution in [2.24, 2.45) is 0 Å². The number of pyridine rings is 1. The van der Waals surface area contributed by atoms with Gasteiger partial charge in [-0.25, -0.2) is 4.79 Å². The van der Waals surface area contributed by atoms with Crippen LogP contribution in [-0.2, 0) is 23.5 Å². The number of benzene rings is 3. The van der Waals surface area contributed by atoms with Gasteiger partial charge in [-0.2, -0.15) is 0 Å². The Morgan fingerprint density at radius 3 is 2.54 bits per heavy atom. The van der Waals surface area contributed by atoms with Gasteiger partial charge in [-0.05, 0) is 42.8 Å². The van der Waals surface area contributed by atoms with Crippen LogP contribution in [0.25, 0.3) is 21.7 Å². The number of carbonyl (C=O) groups is 2. The summed E-state index contributed by atoms with van der Waals surface area (Å²) in [6, 6.07) is 23.9. The predicted molar refractivity (Wildman–Crippen MR) is 139 cm³/mol. The summed E-state index contributed by atoms with van der Waals surface area (Å²) in [5, 5.41) is 18.5. The molecule has 0 aliphatic carbocycles. The molecular formula is C29H24N4O4. The Balaban J connectivity index is 1.31. The summed E-state index contributed by atoms with van der Waals surface area (Å²) in [5.74, 6) is 0.180. The summed E-state index contributed by atoms with van der Waals surface area (Å²) in [6.07, 6.45) is 1.76. The molecule has 3 heterocycles. The molecule has 3 aromatic carbocycles. The zero-order chi connectivity index (χ0) is 25.6. The second kappa shape index (κ2) is 8.67. The van der Waals surface area contributed by atoms with Crippen LogP contribution in [0.5, 0.6) is 11.6 Å². The Morgan fingerprint density at radius 1 is 0.973 bits per heavy atom. The van der Waals surface area contributed by atoms with E-state index in [0.29, 0.717) is 23.3 Å². The Bertz CT molecular complexity index is 1680. The molecule has 1 aliphatic rings. The number of rotatable bonds is 6. The molecule has 0 spiro atoms. The zero-order valence-electron chi connectivity index (χ0n) is 20.1. The number of aryl methyl sites for hydroxylation is 1. The number of amides is 3. The Labute approximate surface area is 212 Å². The van der Waals surface area contributed by atoms with Gasteiger partial charge in [0.05, 0.1) is 12.1 Å². The van der Waals surface area contributed by atoms with Gasteiger partial charge in [0.2, 0.25) is 0 Å². The van der Waals surface area contributed by atoms with E-state index in [1.165, 1.54) is 0 Å². The van der Waals surface area contributed by atoms with E-state index in [-0.39, 0.29) is 12.4 Å². The number of nitrogens with zero attached hydrogens (tertiary/aromatic N) is 2. The molecule has 6 rings (SSSR count). The fraction of sp³-hybridized carbons (Fsp3) is 0.138. The Morgan fingerprint density at radius 2 is 1.76 bits per heavy atom. The van der Waals surface area contributed by atoms with Crippen molar-refractivity contribution >= 4 is 33.6 Å². The molecule has 1 saturated heterocycles. The number of carbonyl (C=O) groups excluding carboxylic acids is 2. The van der Waals surface area contributed by atoms with Crippen molar-refractivity contribution in [3.05, 3.63) is 102 Å². The number of nitrogens with one attached hydrogen (secondary N) is 2. The molecule has 0 saturated carbocycles. The Hall–Kier alpha value is -4.85. The molecule has 3 amide bonds. The van der Waals surface area contributed by atoms with Crippen molar-refractivity contribution in [2.45, 2.75) is 25.6 Å². The summed E-state index contributed by atoms with van der Waals surface area (Å²) < 4.78 is 7.70. The van der Waals surface area contributed by atoms with Crippen molar-refractivity contribution in [3.8, 4) is 11.6 Å². The van der Waals surface area contributed by atoms with E-state index in [9.17, 15) is 14.7 Å². The fourth-order valence-electron chi connectivity index (χ4n) is 5.00. The fourth-order valence-corrected chi connectivity index (χ4v) is 5.00. The van der Waals surface area contributed by atoms with E-state index >= 15 is 0 Å². The van der Waals surface area contributed by atoms with Crippen molar-refractivity contribution in [3.63, 3.8) is 0 Å². The van der Waals surface area contributed by atoms with Crippen LogP contribution in [0.2, 0.25) is 0 Å². The molecule has 1 fully saturated rings. The largest absolute Gasteiger partial charge is 0.494 e. The second-order valence-corrected chi connectivity index (χ2v) is 9.24. The third-order valence-corrected chi connectivity index (χ3v) is 6.77. The number of ether oxygens (including phenoxy) is 1. The minimum Gasteiger partial charge on any atom is -0.494 e. The topological polar surface area (TPSA) is 105 Å². The minimum absolute atomic E-state index is 0.00144. The maximum absolute atomic E-state index is 12.9. The van der Waals surface area contributed by atoms with Gasteiger partial charge in [-0.3, -0.25) is 15.1 Å². The van der Waals surface area contributed by atoms with Crippen LogP contribution in [-0.4, -0.2) is 26.6 Å². The van der Waals surface area contributed by atoms with E-state index in [4.69, 9.17) is 4.74 Å². The summed E-state index contributed by atoms with van der Waals surface area (Å²) >= 11 is 0. The number of hydrogen-bond donors (Lipinski definition) is 3. The first-order chi connectivity index (χ1) is 17.9. The lowest BCUT2D eigenvalue weighted by atomic mass is 9.90. The monoisotopic (exact) mass is 492 g/mol. The van der Waals surface area contributed by atoms with Gasteiger partial charge in [-0.15, -0.1) is 0 Å². The minimum atomic E-state index is -1.34. The van der Waals surface area contributed by atoms with E-state index in [1.54, 1.807) is 47.2 Å². The van der Waals surface area contributed by atoms with Gasteiger partial charge in [0.15, 0.2) is 11.4 Å². The van der Waals surface area contributed by atoms with Crippen molar-refractivity contribution in [1.82, 2.24) is 20.2 Å². The lowest BCUT2D eigenvalue weighted by molar-refractivity contribution is -0.124. The molecular weight excluding hydrogens is 468 g/mol. The van der Waals surface area contributed by atoms with Crippen molar-refractivity contribution < 1.29 is 19.4 Å². The number of para-hydroxylation sites is 1. The first-order valence-electron chi connectivity index (χ1n) is 11.9. The predicted octanol–water partition coefficient (Wildman–Crippen LogP) is 4.52. The molecule has 0 radical (unpaired) electrons. The summed E-state index contributed by atoms with van der Waals surface area (Å²) in [7, 11) is 0. The van der Waals surface area contributed by atoms with Crippen LogP contribution in [0, 0.1) is 6.92 Å². The van der Waals surface area contributed by atoms with E-state index < -0.39 is 17.5 Å². The molecule has 1 atom stereocenters. The van der Waals surface area contributed by atoms with Crippen LogP contribution in [0.3, 0.4) is 0 Å². The molecule has 1 unspecified atom stereocenters. The smallest absolute Gasteiger partial charge is 0.322 e. The molecule has 1 aliphatic heterocycles. The summed E-state index contributed by atoms with van der Waals surface area (Å²) in [6.45, 7) is 2.35. The van der Waals surface area contributed by atoms with Gasteiger partial charge in [-0.1, -0.05) is 48.5 Å². The molecule has 184 valence electrons. The van der Waals surface area contributed by atoms with Crippen LogP contribution in [0.4, 0.5) is 4.79 Å². The highest BCUT2D eigenvalue weighted by Gasteiger charge is 2.48. The average molecular weight is 493 g/mol. The number of urea groups is 1. The van der Waals surface area contributed by atoms with E-state index in [2.05, 4.69) is 15.6 Å². The zero-order valence-corrected chi connectivity index (χ0v) is 20.1. The number of aromatic hydroxyl groups is 1. The molecule has 8 nitrogen and oxygen atoms in total. The third-order valence-electron chi connectivity index (χ3n) is 6.77. The number of fused-ring (bicyclic) bond motifs is 2. The molecule has 0 bridgehead atoms. The highest BCUT2D eigenvalue weighted by Crippen LogP contribution is 2.35. The van der Waals surface area contributed by atoms with Crippen molar-refractivity contribution in [1.29, 1.82) is 0 Å². The van der Waals surface area contributed by atoms with Gasteiger partial charge < -0.3 is 19.7 Å². The third kappa shape index (κ3) is 3.92. The SMILES string of the molecule is Cc1cc(COc2ccc3c(O)n(CC4(c5ccccc5)NC(=O)NC4=O)cc3c2)c2ccccc2n1. The van der Waals surface area contributed by atoms with Gasteiger partial charge in [0, 0.05) is 33.6 Å². The maximum atomic E-state index is 12.9. The van der Waals surface area contributed by atoms with Gasteiger partial charge in [0.25, 0.3) is 5.91 Å². The van der Waals surface area contributed by atoms with E-state index in [1.807, 2.05) is 49.4 Å². The average Bonchev–Trinajstić information content (AvgIpc) is 3.37. The highest BCUT2D eigenvalue weighted by molar-refractivity contribution is 6.07. The first-order valence-corrected chi connectivity index (χ1v) is 11.9. The highest BCUT2D eigenvalue weighted by atomic mass is 16.5. The summed E-state index contributed by atoms with van der Waals surface area (Å²) in [5.41, 5.74) is 2.17. The van der Waals surface area contributed by atoms with Crippen molar-refractivity contribution in [2.75, 3.05) is 0 Å². The molecule has 3 N–H and O–H groups in total. The number of imide groups is 1. The second-order valence-electron chi connectivity index (χ2n) is 9.24. The quantitative estimate of drug-likeness (QED) is 0.302. The van der Waals surface area contributed by atoms with Gasteiger partial charge >= 0.3 is 6.03 Å². The maximum Gasteiger partial charge on any atom is 0.322 e.